The second kappa shape index (κ2) is 10.6. The van der Waals surface area contributed by atoms with E-state index >= 15 is 0 Å². The lowest BCUT2D eigenvalue weighted by atomic mass is 9.92. The molecule has 0 aliphatic carbocycles. The minimum absolute atomic E-state index is 0.644. The number of nitrogens with zero attached hydrogens (tertiary/aromatic N) is 5. The molecule has 0 saturated heterocycles. The van der Waals surface area contributed by atoms with Crippen molar-refractivity contribution in [3.05, 3.63) is 157 Å². The van der Waals surface area contributed by atoms with Crippen LogP contribution in [0.4, 0.5) is 0 Å². The van der Waals surface area contributed by atoms with E-state index in [-0.39, 0.29) is 0 Å². The number of aromatic nitrogens is 4. The van der Waals surface area contributed by atoms with Crippen molar-refractivity contribution in [2.24, 2.45) is 0 Å². The standard InChI is InChI=1S/C44H25N5/c45-26-27-17-19-38-35(23-27)36-25-29(18-20-39(36)49(38)31-11-2-1-3-12-31)28-9-6-10-30(24-28)42-41-34-15-8-22-47-44(34)43-33(14-7-21-46-43)40(41)32-13-4-5-16-37(32)48-42/h1-25H. The predicted molar refractivity (Wildman–Crippen MR) is 200 cm³/mol. The summed E-state index contributed by atoms with van der Waals surface area (Å²) in [6.07, 6.45) is 3.67. The lowest BCUT2D eigenvalue weighted by molar-refractivity contribution is 1.18. The van der Waals surface area contributed by atoms with E-state index in [2.05, 4.69) is 114 Å². The average molecular weight is 624 g/mol. The third-order valence-corrected chi connectivity index (χ3v) is 9.65. The molecule has 10 aromatic rings. The second-order valence-corrected chi connectivity index (χ2v) is 12.4. The molecule has 6 aromatic carbocycles. The molecule has 0 bridgehead atoms. The molecule has 4 heterocycles. The maximum atomic E-state index is 9.76. The van der Waals surface area contributed by atoms with Gasteiger partial charge in [0.05, 0.1) is 44.9 Å². The van der Waals surface area contributed by atoms with Crippen LogP contribution in [-0.2, 0) is 0 Å². The van der Waals surface area contributed by atoms with E-state index in [0.717, 1.165) is 93.4 Å². The molecule has 5 nitrogen and oxygen atoms in total. The molecule has 5 heteroatoms. The summed E-state index contributed by atoms with van der Waals surface area (Å²) in [6.45, 7) is 0. The van der Waals surface area contributed by atoms with Crippen molar-refractivity contribution < 1.29 is 0 Å². The Balaban J connectivity index is 1.24. The first kappa shape index (κ1) is 27.2. The SMILES string of the molecule is N#Cc1ccc2c(c1)c1cc(-c3cccc(-c4nc5ccccc5c5c6cccnc6c6ncccc6c45)c3)ccc1n2-c1ccccc1. The van der Waals surface area contributed by atoms with E-state index in [1.165, 1.54) is 0 Å². The number of rotatable bonds is 3. The summed E-state index contributed by atoms with van der Waals surface area (Å²) in [5.41, 5.74) is 10.7. The zero-order valence-electron chi connectivity index (χ0n) is 26.2. The van der Waals surface area contributed by atoms with Gasteiger partial charge >= 0.3 is 0 Å². The van der Waals surface area contributed by atoms with Gasteiger partial charge in [-0.15, -0.1) is 0 Å². The van der Waals surface area contributed by atoms with E-state index in [1.807, 2.05) is 48.8 Å². The van der Waals surface area contributed by atoms with Crippen LogP contribution in [0.1, 0.15) is 5.56 Å². The van der Waals surface area contributed by atoms with Gasteiger partial charge < -0.3 is 4.57 Å². The van der Waals surface area contributed by atoms with Gasteiger partial charge in [-0.1, -0.05) is 72.8 Å². The quantitative estimate of drug-likeness (QED) is 0.184. The Hall–Kier alpha value is -6.90. The van der Waals surface area contributed by atoms with Crippen LogP contribution >= 0.6 is 0 Å². The molecule has 0 aliphatic rings. The van der Waals surface area contributed by atoms with Gasteiger partial charge in [-0.05, 0) is 77.9 Å². The number of nitriles is 1. The van der Waals surface area contributed by atoms with Crippen molar-refractivity contribution in [2.45, 2.75) is 0 Å². The predicted octanol–water partition coefficient (Wildman–Crippen LogP) is 10.8. The third kappa shape index (κ3) is 4.08. The van der Waals surface area contributed by atoms with Gasteiger partial charge in [0, 0.05) is 61.3 Å². The van der Waals surface area contributed by atoms with Gasteiger partial charge in [0.15, 0.2) is 0 Å². The highest BCUT2D eigenvalue weighted by atomic mass is 15.0. The summed E-state index contributed by atoms with van der Waals surface area (Å²) >= 11 is 0. The second-order valence-electron chi connectivity index (χ2n) is 12.4. The fourth-order valence-electron chi connectivity index (χ4n) is 7.53. The van der Waals surface area contributed by atoms with E-state index in [9.17, 15) is 5.26 Å². The van der Waals surface area contributed by atoms with Crippen molar-refractivity contribution in [1.82, 2.24) is 19.5 Å². The highest BCUT2D eigenvalue weighted by Gasteiger charge is 2.19. The third-order valence-electron chi connectivity index (χ3n) is 9.65. The van der Waals surface area contributed by atoms with Gasteiger partial charge in [0.1, 0.15) is 0 Å². The largest absolute Gasteiger partial charge is 0.309 e. The van der Waals surface area contributed by atoms with Crippen LogP contribution < -0.4 is 0 Å². The maximum absolute atomic E-state index is 9.76. The lowest BCUT2D eigenvalue weighted by Gasteiger charge is -2.16. The summed E-state index contributed by atoms with van der Waals surface area (Å²) in [7, 11) is 0. The Kier molecular flexibility index (Phi) is 5.87. The molecule has 226 valence electrons. The van der Waals surface area contributed by atoms with Crippen LogP contribution in [0, 0.1) is 11.3 Å². The monoisotopic (exact) mass is 623 g/mol. The van der Waals surface area contributed by atoms with E-state index in [1.54, 1.807) is 0 Å². The molecule has 0 N–H and O–H groups in total. The normalized spacial score (nSPS) is 11.7. The van der Waals surface area contributed by atoms with Gasteiger partial charge in [0.2, 0.25) is 0 Å². The Labute approximate surface area is 281 Å². The van der Waals surface area contributed by atoms with Gasteiger partial charge in [-0.3, -0.25) is 9.97 Å². The number of pyridine rings is 3. The van der Waals surface area contributed by atoms with Crippen molar-refractivity contribution >= 4 is 65.3 Å². The first-order chi connectivity index (χ1) is 24.3. The minimum atomic E-state index is 0.644. The van der Waals surface area contributed by atoms with E-state index in [4.69, 9.17) is 15.0 Å². The minimum Gasteiger partial charge on any atom is -0.309 e. The number of hydrogen-bond acceptors (Lipinski definition) is 4. The molecule has 0 aliphatic heterocycles. The fourth-order valence-corrected chi connectivity index (χ4v) is 7.53. The van der Waals surface area contributed by atoms with Gasteiger partial charge in [-0.2, -0.15) is 5.26 Å². The summed E-state index contributed by atoms with van der Waals surface area (Å²) in [5.74, 6) is 0. The summed E-state index contributed by atoms with van der Waals surface area (Å²) in [6, 6.07) is 50.6. The molecular weight excluding hydrogens is 599 g/mol. The van der Waals surface area contributed by atoms with Crippen molar-refractivity contribution in [1.29, 1.82) is 5.26 Å². The number of para-hydroxylation sites is 2. The molecule has 0 fully saturated rings. The highest BCUT2D eigenvalue weighted by Crippen LogP contribution is 2.42. The van der Waals surface area contributed by atoms with Crippen LogP contribution in [0.15, 0.2) is 152 Å². The van der Waals surface area contributed by atoms with E-state index in [0.29, 0.717) is 5.56 Å². The Bertz CT molecular complexity index is 3010. The van der Waals surface area contributed by atoms with Crippen molar-refractivity contribution in [3.63, 3.8) is 0 Å². The molecule has 0 unspecified atom stereocenters. The maximum Gasteiger partial charge on any atom is 0.0991 e. The molecule has 4 aromatic heterocycles. The van der Waals surface area contributed by atoms with Crippen LogP contribution in [0.2, 0.25) is 0 Å². The van der Waals surface area contributed by atoms with Gasteiger partial charge in [-0.25, -0.2) is 4.98 Å². The van der Waals surface area contributed by atoms with Crippen LogP contribution in [0.25, 0.3) is 93.4 Å². The molecule has 0 radical (unpaired) electrons. The van der Waals surface area contributed by atoms with Crippen LogP contribution in [0.3, 0.4) is 0 Å². The Morgan fingerprint density at radius 2 is 1.14 bits per heavy atom. The van der Waals surface area contributed by atoms with Gasteiger partial charge in [0.25, 0.3) is 0 Å². The number of fused-ring (bicyclic) bond motifs is 11. The van der Waals surface area contributed by atoms with Crippen LogP contribution in [0.5, 0.6) is 0 Å². The van der Waals surface area contributed by atoms with Crippen molar-refractivity contribution in [2.75, 3.05) is 0 Å². The molecule has 0 spiro atoms. The first-order valence-electron chi connectivity index (χ1n) is 16.3. The highest BCUT2D eigenvalue weighted by molar-refractivity contribution is 6.32. The number of benzene rings is 6. The summed E-state index contributed by atoms with van der Waals surface area (Å²) in [4.78, 5) is 14.9. The molecule has 0 amide bonds. The smallest absolute Gasteiger partial charge is 0.0991 e. The molecule has 0 saturated carbocycles. The Morgan fingerprint density at radius 3 is 1.94 bits per heavy atom. The average Bonchev–Trinajstić information content (AvgIpc) is 3.50. The molecular formula is C44H25N5. The Morgan fingerprint density at radius 1 is 0.490 bits per heavy atom. The zero-order valence-corrected chi connectivity index (χ0v) is 26.2. The van der Waals surface area contributed by atoms with Crippen LogP contribution in [-0.4, -0.2) is 19.5 Å². The van der Waals surface area contributed by atoms with E-state index < -0.39 is 0 Å². The number of hydrogen-bond donors (Lipinski definition) is 0. The molecule has 0 atom stereocenters. The summed E-state index contributed by atoms with van der Waals surface area (Å²) in [5, 5.41) is 17.3. The van der Waals surface area contributed by atoms with Crippen molar-refractivity contribution in [3.8, 4) is 34.1 Å². The molecule has 49 heavy (non-hydrogen) atoms. The fraction of sp³-hybridized carbons (Fsp3) is 0. The zero-order chi connectivity index (χ0) is 32.5. The first-order valence-corrected chi connectivity index (χ1v) is 16.3. The lowest BCUT2D eigenvalue weighted by Crippen LogP contribution is -1.95. The summed E-state index contributed by atoms with van der Waals surface area (Å²) < 4.78 is 2.27. The topological polar surface area (TPSA) is 67.4 Å². The molecule has 10 rings (SSSR count).